The fraction of sp³-hybridized carbons (Fsp3) is 0.467. The minimum atomic E-state index is -0.290. The smallest absolute Gasteiger partial charge is 0.0124 e. The first-order valence-electron chi connectivity index (χ1n) is 17.4. The van der Waals surface area contributed by atoms with E-state index in [-0.39, 0.29) is 32.5 Å². The van der Waals surface area contributed by atoms with Crippen molar-refractivity contribution in [3.63, 3.8) is 0 Å². The Morgan fingerprint density at radius 1 is 0.444 bits per heavy atom. The van der Waals surface area contributed by atoms with Gasteiger partial charge in [0.25, 0.3) is 0 Å². The van der Waals surface area contributed by atoms with Crippen LogP contribution in [-0.4, -0.2) is 0 Å². The lowest BCUT2D eigenvalue weighted by molar-refractivity contribution is -0.195. The molecule has 6 unspecified atom stereocenters. The molecule has 6 atom stereocenters. The summed E-state index contributed by atoms with van der Waals surface area (Å²) in [5.41, 5.74) is 10.3. The topological polar surface area (TPSA) is 0 Å². The van der Waals surface area contributed by atoms with E-state index in [1.807, 2.05) is 0 Å². The molecule has 1 aliphatic rings. The molecule has 4 aromatic carbocycles. The van der Waals surface area contributed by atoms with Gasteiger partial charge in [-0.05, 0) is 95.9 Å². The summed E-state index contributed by atoms with van der Waals surface area (Å²) in [6.07, 6.45) is 3.32. The lowest BCUT2D eigenvalue weighted by atomic mass is 9.22. The first kappa shape index (κ1) is 33.2. The number of hydrogen-bond acceptors (Lipinski definition) is 0. The molecular formula is C45H58. The number of aryl methyl sites for hydroxylation is 2. The lowest BCUT2D eigenvalue weighted by Crippen LogP contribution is -2.81. The Balaban J connectivity index is 2.18. The molecule has 0 heterocycles. The van der Waals surface area contributed by atoms with Gasteiger partial charge in [0, 0.05) is 21.7 Å². The molecule has 0 saturated heterocycles. The van der Waals surface area contributed by atoms with Crippen LogP contribution in [0.1, 0.15) is 119 Å². The van der Waals surface area contributed by atoms with Crippen LogP contribution >= 0.6 is 0 Å². The van der Waals surface area contributed by atoms with Gasteiger partial charge in [-0.2, -0.15) is 0 Å². The maximum Gasteiger partial charge on any atom is 0.0124 e. The Morgan fingerprint density at radius 2 is 0.822 bits per heavy atom. The molecule has 4 aromatic rings. The zero-order valence-electron chi connectivity index (χ0n) is 30.4. The Morgan fingerprint density at radius 3 is 1.20 bits per heavy atom. The highest BCUT2D eigenvalue weighted by Gasteiger charge is 2.80. The average Bonchev–Trinajstić information content (AvgIpc) is 3.06. The fourth-order valence-corrected chi connectivity index (χ4v) is 11.5. The van der Waals surface area contributed by atoms with Crippen molar-refractivity contribution >= 4 is 0 Å². The molecule has 0 spiro atoms. The normalized spacial score (nSPS) is 33.2. The highest BCUT2D eigenvalue weighted by molar-refractivity contribution is 5.60. The van der Waals surface area contributed by atoms with Gasteiger partial charge in [0.15, 0.2) is 0 Å². The van der Waals surface area contributed by atoms with Crippen molar-refractivity contribution in [1.82, 2.24) is 0 Å². The van der Waals surface area contributed by atoms with Gasteiger partial charge in [0.2, 0.25) is 0 Å². The molecule has 238 valence electrons. The molecule has 5 rings (SSSR count). The van der Waals surface area contributed by atoms with Gasteiger partial charge < -0.3 is 0 Å². The van der Waals surface area contributed by atoms with Crippen molar-refractivity contribution in [2.24, 2.45) is 10.8 Å². The van der Waals surface area contributed by atoms with E-state index in [1.165, 1.54) is 38.9 Å². The summed E-state index contributed by atoms with van der Waals surface area (Å²) < 4.78 is 0. The largest absolute Gasteiger partial charge is 0.0654 e. The minimum Gasteiger partial charge on any atom is -0.0654 e. The third-order valence-corrected chi connectivity index (χ3v) is 14.8. The van der Waals surface area contributed by atoms with Crippen molar-refractivity contribution in [1.29, 1.82) is 0 Å². The summed E-state index contributed by atoms with van der Waals surface area (Å²) in [5, 5.41) is 0. The van der Waals surface area contributed by atoms with Gasteiger partial charge in [-0.15, -0.1) is 0 Å². The van der Waals surface area contributed by atoms with E-state index < -0.39 is 0 Å². The molecule has 0 nitrogen and oxygen atoms in total. The Bertz CT molecular complexity index is 1620. The summed E-state index contributed by atoms with van der Waals surface area (Å²) >= 11 is 0. The molecule has 1 fully saturated rings. The molecule has 45 heavy (non-hydrogen) atoms. The van der Waals surface area contributed by atoms with Crippen molar-refractivity contribution in [3.05, 3.63) is 142 Å². The monoisotopic (exact) mass is 598 g/mol. The zero-order chi connectivity index (χ0) is 33.1. The summed E-state index contributed by atoms with van der Waals surface area (Å²) in [4.78, 5) is 0. The van der Waals surface area contributed by atoms with E-state index in [0.717, 1.165) is 19.3 Å². The quantitative estimate of drug-likeness (QED) is 0.198. The third-order valence-electron chi connectivity index (χ3n) is 14.8. The molecule has 0 bridgehead atoms. The van der Waals surface area contributed by atoms with E-state index >= 15 is 0 Å². The molecule has 1 aliphatic carbocycles. The van der Waals surface area contributed by atoms with E-state index in [9.17, 15) is 0 Å². The highest BCUT2D eigenvalue weighted by Crippen LogP contribution is 2.81. The molecular weight excluding hydrogens is 540 g/mol. The number of hydrogen-bond donors (Lipinski definition) is 0. The maximum absolute atomic E-state index is 2.70. The number of rotatable bonds is 7. The van der Waals surface area contributed by atoms with Crippen molar-refractivity contribution in [3.8, 4) is 0 Å². The SMILES string of the molecule is CCCC1(C)C(C)(c2ccccc2)C(C)(CC)C(C)(c2ccccc2)C(C)(c2ccccc2)C1(C)c1c(C)c(C)cc(C)c1C. The van der Waals surface area contributed by atoms with Crippen molar-refractivity contribution in [2.75, 3.05) is 0 Å². The molecule has 0 heteroatoms. The third kappa shape index (κ3) is 3.90. The maximum atomic E-state index is 2.70. The fourth-order valence-electron chi connectivity index (χ4n) is 11.5. The van der Waals surface area contributed by atoms with E-state index in [0.29, 0.717) is 0 Å². The standard InChI is InChI=1S/C45H58/c1-13-30-41(8)42(9,36-24-18-15-19-25-36)40(7,14-2)43(10,37-26-20-16-21-27-37)44(11,38-28-22-17-23-29-38)45(41,12)39-34(5)32(3)31-33(4)35(39)6/h15-29,31H,13-14,30H2,1-12H3. The first-order chi connectivity index (χ1) is 21.2. The van der Waals surface area contributed by atoms with Gasteiger partial charge in [-0.1, -0.05) is 159 Å². The molecule has 0 radical (unpaired) electrons. The summed E-state index contributed by atoms with van der Waals surface area (Å²) in [7, 11) is 0. The van der Waals surface area contributed by atoms with Crippen LogP contribution in [0.5, 0.6) is 0 Å². The average molecular weight is 599 g/mol. The Hall–Kier alpha value is -3.12. The summed E-state index contributed by atoms with van der Waals surface area (Å²) in [6.45, 7) is 30.4. The van der Waals surface area contributed by atoms with Crippen molar-refractivity contribution in [2.45, 2.75) is 124 Å². The molecule has 0 aromatic heterocycles. The predicted octanol–water partition coefficient (Wildman–Crippen LogP) is 12.3. The summed E-state index contributed by atoms with van der Waals surface area (Å²) in [6, 6.07) is 37.3. The van der Waals surface area contributed by atoms with Gasteiger partial charge in [-0.25, -0.2) is 0 Å². The van der Waals surface area contributed by atoms with Gasteiger partial charge in [-0.3, -0.25) is 0 Å². The minimum absolute atomic E-state index is 0.128. The van der Waals surface area contributed by atoms with E-state index in [2.05, 4.69) is 180 Å². The molecule has 1 saturated carbocycles. The second-order valence-electron chi connectivity index (χ2n) is 15.5. The Labute approximate surface area is 275 Å². The van der Waals surface area contributed by atoms with Crippen LogP contribution < -0.4 is 0 Å². The molecule has 0 amide bonds. The first-order valence-corrected chi connectivity index (χ1v) is 17.4. The second kappa shape index (κ2) is 11.3. The van der Waals surface area contributed by atoms with Crippen LogP contribution in [0.25, 0.3) is 0 Å². The lowest BCUT2D eigenvalue weighted by Gasteiger charge is -2.80. The van der Waals surface area contributed by atoms with E-state index in [1.54, 1.807) is 5.56 Å². The molecule has 0 N–H and O–H groups in total. The van der Waals surface area contributed by atoms with Crippen LogP contribution in [0.3, 0.4) is 0 Å². The van der Waals surface area contributed by atoms with Crippen LogP contribution in [0.2, 0.25) is 0 Å². The van der Waals surface area contributed by atoms with E-state index in [4.69, 9.17) is 0 Å². The van der Waals surface area contributed by atoms with Gasteiger partial charge in [0.1, 0.15) is 0 Å². The Kier molecular flexibility index (Phi) is 8.34. The van der Waals surface area contributed by atoms with Crippen molar-refractivity contribution < 1.29 is 0 Å². The zero-order valence-corrected chi connectivity index (χ0v) is 30.4. The predicted molar refractivity (Wildman–Crippen MR) is 196 cm³/mol. The van der Waals surface area contributed by atoms with Crippen LogP contribution in [0.4, 0.5) is 0 Å². The molecule has 0 aliphatic heterocycles. The van der Waals surface area contributed by atoms with Gasteiger partial charge in [0.05, 0.1) is 0 Å². The highest BCUT2D eigenvalue weighted by atomic mass is 14.8. The second-order valence-corrected chi connectivity index (χ2v) is 15.5. The van der Waals surface area contributed by atoms with Gasteiger partial charge >= 0.3 is 0 Å². The van der Waals surface area contributed by atoms with Crippen LogP contribution in [-0.2, 0) is 21.7 Å². The van der Waals surface area contributed by atoms with Crippen LogP contribution in [0.15, 0.2) is 97.1 Å². The number of benzene rings is 4. The van der Waals surface area contributed by atoms with Crippen LogP contribution in [0, 0.1) is 38.5 Å². The summed E-state index contributed by atoms with van der Waals surface area (Å²) in [5.74, 6) is 0.